The van der Waals surface area contributed by atoms with Gasteiger partial charge < -0.3 is 4.57 Å². The van der Waals surface area contributed by atoms with Gasteiger partial charge in [0.25, 0.3) is 0 Å². The van der Waals surface area contributed by atoms with Crippen LogP contribution in [0.25, 0.3) is 82.3 Å². The highest BCUT2D eigenvalue weighted by Gasteiger charge is 2.14. The number of nitrogens with zero attached hydrogens (tertiary/aromatic N) is 2. The number of rotatable bonds is 3. The number of hydrogen-bond acceptors (Lipinski definition) is 1. The summed E-state index contributed by atoms with van der Waals surface area (Å²) in [4.78, 5) is 5.28. The van der Waals surface area contributed by atoms with Crippen LogP contribution in [0.3, 0.4) is 0 Å². The molecule has 0 aliphatic rings. The molecule has 0 N–H and O–H groups in total. The Kier molecular flexibility index (Phi) is 5.23. The summed E-state index contributed by atoms with van der Waals surface area (Å²) in [5.41, 5.74) is 9.08. The van der Waals surface area contributed by atoms with Gasteiger partial charge in [-0.3, -0.25) is 0 Å². The molecule has 0 amide bonds. The molecule has 0 saturated heterocycles. The Labute approximate surface area is 249 Å². The highest BCUT2D eigenvalue weighted by Crippen LogP contribution is 2.37. The molecule has 0 atom stereocenters. The Morgan fingerprint density at radius 2 is 0.837 bits per heavy atom. The summed E-state index contributed by atoms with van der Waals surface area (Å²) in [5, 5.41) is 8.67. The summed E-state index contributed by atoms with van der Waals surface area (Å²) < 4.78 is 2.37. The fraction of sp³-hybridized carbons (Fsp3) is 0. The predicted octanol–water partition coefficient (Wildman–Crippen LogP) is 11.0. The third-order valence-corrected chi connectivity index (χ3v) is 8.76. The van der Waals surface area contributed by atoms with Gasteiger partial charge in [0.05, 0.1) is 22.2 Å². The Bertz CT molecular complexity index is 2430. The van der Waals surface area contributed by atoms with Crippen LogP contribution in [-0.4, -0.2) is 9.55 Å². The number of hydrogen-bond donors (Lipinski definition) is 0. The van der Waals surface area contributed by atoms with Crippen molar-refractivity contribution < 1.29 is 0 Å². The molecule has 0 saturated carbocycles. The number of para-hydroxylation sites is 2. The summed E-state index contributed by atoms with van der Waals surface area (Å²) in [6.07, 6.45) is 0. The Morgan fingerprint density at radius 3 is 1.51 bits per heavy atom. The molecule has 0 spiro atoms. The second kappa shape index (κ2) is 9.40. The molecule has 0 bridgehead atoms. The molecule has 2 heterocycles. The van der Waals surface area contributed by atoms with Crippen molar-refractivity contribution in [2.45, 2.75) is 0 Å². The molecule has 43 heavy (non-hydrogen) atoms. The molecule has 0 aliphatic heterocycles. The first-order valence-electron chi connectivity index (χ1n) is 14.7. The predicted molar refractivity (Wildman–Crippen MR) is 182 cm³/mol. The number of benzene rings is 7. The normalized spacial score (nSPS) is 11.7. The van der Waals surface area contributed by atoms with Gasteiger partial charge in [0.2, 0.25) is 0 Å². The van der Waals surface area contributed by atoms with E-state index in [1.165, 1.54) is 59.9 Å². The number of fused-ring (bicyclic) bond motifs is 9. The van der Waals surface area contributed by atoms with Crippen molar-refractivity contribution in [3.05, 3.63) is 158 Å². The first-order valence-corrected chi connectivity index (χ1v) is 14.7. The van der Waals surface area contributed by atoms with E-state index in [1.54, 1.807) is 0 Å². The molecular weight excluding hydrogens is 520 g/mol. The Hall–Kier alpha value is -5.73. The zero-order valence-corrected chi connectivity index (χ0v) is 23.4. The van der Waals surface area contributed by atoms with Crippen molar-refractivity contribution in [2.75, 3.05) is 0 Å². The maximum atomic E-state index is 5.28. The van der Waals surface area contributed by atoms with E-state index in [-0.39, 0.29) is 0 Å². The van der Waals surface area contributed by atoms with E-state index < -0.39 is 0 Å². The third kappa shape index (κ3) is 3.70. The van der Waals surface area contributed by atoms with Gasteiger partial charge in [0.15, 0.2) is 0 Å². The van der Waals surface area contributed by atoms with Crippen LogP contribution >= 0.6 is 0 Å². The molecule has 2 heteroatoms. The van der Waals surface area contributed by atoms with E-state index in [0.717, 1.165) is 22.5 Å². The van der Waals surface area contributed by atoms with Crippen LogP contribution in [0.4, 0.5) is 0 Å². The van der Waals surface area contributed by atoms with Crippen LogP contribution in [0.2, 0.25) is 0 Å². The van der Waals surface area contributed by atoms with Gasteiger partial charge in [-0.15, -0.1) is 0 Å². The van der Waals surface area contributed by atoms with Crippen LogP contribution in [-0.2, 0) is 0 Å². The van der Waals surface area contributed by atoms with Crippen LogP contribution in [0.5, 0.6) is 0 Å². The molecule has 2 aromatic heterocycles. The summed E-state index contributed by atoms with van der Waals surface area (Å²) in [6.45, 7) is 0. The van der Waals surface area contributed by atoms with E-state index in [9.17, 15) is 0 Å². The van der Waals surface area contributed by atoms with Crippen molar-refractivity contribution in [3.63, 3.8) is 0 Å². The van der Waals surface area contributed by atoms with Crippen molar-refractivity contribution in [1.29, 1.82) is 0 Å². The van der Waals surface area contributed by atoms with Crippen molar-refractivity contribution in [1.82, 2.24) is 9.55 Å². The number of pyridine rings is 1. The molecule has 2 nitrogen and oxygen atoms in total. The quantitative estimate of drug-likeness (QED) is 0.202. The SMILES string of the molecule is c1cc(-c2cccc(-n3c4ccccc4c4ccccc43)c2)cc(-c2ccc3c4ccccc4c4ccccc4c3n2)c1. The fourth-order valence-corrected chi connectivity index (χ4v) is 6.80. The van der Waals surface area contributed by atoms with E-state index >= 15 is 0 Å². The van der Waals surface area contributed by atoms with E-state index in [2.05, 4.69) is 162 Å². The van der Waals surface area contributed by atoms with Crippen LogP contribution in [0, 0.1) is 0 Å². The topological polar surface area (TPSA) is 17.8 Å². The third-order valence-electron chi connectivity index (χ3n) is 8.76. The minimum Gasteiger partial charge on any atom is -0.309 e. The van der Waals surface area contributed by atoms with Gasteiger partial charge in [-0.25, -0.2) is 4.98 Å². The second-order valence-corrected chi connectivity index (χ2v) is 11.2. The standard InChI is InChI=1S/C41H26N2/c1-2-17-33-31(15-1)32-16-3-4-20-36(32)41-37(33)23-24-38(42-41)29-13-9-11-27(25-29)28-12-10-14-30(26-28)43-39-21-7-5-18-34(39)35-19-6-8-22-40(35)43/h1-26H. The summed E-state index contributed by atoms with van der Waals surface area (Å²) in [5.74, 6) is 0. The summed E-state index contributed by atoms with van der Waals surface area (Å²) in [6, 6.07) is 56.6. The maximum Gasteiger partial charge on any atom is 0.0794 e. The molecule has 0 fully saturated rings. The smallest absolute Gasteiger partial charge is 0.0794 e. The average Bonchev–Trinajstić information content (AvgIpc) is 3.43. The first-order chi connectivity index (χ1) is 21.3. The Balaban J connectivity index is 1.19. The highest BCUT2D eigenvalue weighted by atomic mass is 15.0. The van der Waals surface area contributed by atoms with Crippen molar-refractivity contribution in [2.24, 2.45) is 0 Å². The lowest BCUT2D eigenvalue weighted by Crippen LogP contribution is -1.94. The summed E-state index contributed by atoms with van der Waals surface area (Å²) in [7, 11) is 0. The van der Waals surface area contributed by atoms with Gasteiger partial charge in [-0.2, -0.15) is 0 Å². The largest absolute Gasteiger partial charge is 0.309 e. The van der Waals surface area contributed by atoms with Crippen molar-refractivity contribution in [3.8, 4) is 28.1 Å². The monoisotopic (exact) mass is 546 g/mol. The molecule has 9 aromatic rings. The van der Waals surface area contributed by atoms with E-state index in [0.29, 0.717) is 0 Å². The van der Waals surface area contributed by atoms with Crippen LogP contribution < -0.4 is 0 Å². The average molecular weight is 547 g/mol. The van der Waals surface area contributed by atoms with Gasteiger partial charge in [-0.05, 0) is 69.8 Å². The van der Waals surface area contributed by atoms with E-state index in [1.807, 2.05) is 0 Å². The van der Waals surface area contributed by atoms with Gasteiger partial charge in [0, 0.05) is 32.8 Å². The molecule has 0 radical (unpaired) electrons. The molecular formula is C41H26N2. The lowest BCUT2D eigenvalue weighted by Gasteiger charge is -2.12. The van der Waals surface area contributed by atoms with Gasteiger partial charge in [0.1, 0.15) is 0 Å². The fourth-order valence-electron chi connectivity index (χ4n) is 6.80. The number of aromatic nitrogens is 2. The van der Waals surface area contributed by atoms with Gasteiger partial charge in [-0.1, -0.05) is 115 Å². The van der Waals surface area contributed by atoms with Crippen LogP contribution in [0.1, 0.15) is 0 Å². The molecule has 9 rings (SSSR count). The molecule has 200 valence electrons. The first kappa shape index (κ1) is 23.9. The van der Waals surface area contributed by atoms with E-state index in [4.69, 9.17) is 4.98 Å². The maximum absolute atomic E-state index is 5.28. The van der Waals surface area contributed by atoms with Gasteiger partial charge >= 0.3 is 0 Å². The minimum absolute atomic E-state index is 0.980. The lowest BCUT2D eigenvalue weighted by molar-refractivity contribution is 1.18. The Morgan fingerprint density at radius 1 is 0.349 bits per heavy atom. The minimum atomic E-state index is 0.980. The molecule has 7 aromatic carbocycles. The zero-order valence-electron chi connectivity index (χ0n) is 23.4. The highest BCUT2D eigenvalue weighted by molar-refractivity contribution is 6.24. The van der Waals surface area contributed by atoms with Crippen molar-refractivity contribution >= 4 is 54.3 Å². The molecule has 0 aliphatic carbocycles. The second-order valence-electron chi connectivity index (χ2n) is 11.2. The van der Waals surface area contributed by atoms with Crippen LogP contribution in [0.15, 0.2) is 158 Å². The molecule has 0 unspecified atom stereocenters. The lowest BCUT2D eigenvalue weighted by atomic mass is 9.96. The summed E-state index contributed by atoms with van der Waals surface area (Å²) >= 11 is 0. The zero-order chi connectivity index (χ0) is 28.3.